The summed E-state index contributed by atoms with van der Waals surface area (Å²) in [7, 11) is -4.41. The molecule has 0 aromatic heterocycles. The summed E-state index contributed by atoms with van der Waals surface area (Å²) < 4.78 is 33.1. The van der Waals surface area contributed by atoms with Gasteiger partial charge < -0.3 is 20.1 Å². The average molecular weight is 1170 g/mol. The van der Waals surface area contributed by atoms with Crippen LogP contribution in [0.15, 0.2) is 170 Å². The fourth-order valence-corrected chi connectivity index (χ4v) is 9.13. The van der Waals surface area contributed by atoms with Crippen LogP contribution < -0.4 is 5.73 Å². The second-order valence-corrected chi connectivity index (χ2v) is 22.3. The van der Waals surface area contributed by atoms with Crippen molar-refractivity contribution < 1.29 is 37.6 Å². The Bertz CT molecular complexity index is 1960. The highest BCUT2D eigenvalue weighted by molar-refractivity contribution is 7.47. The van der Waals surface area contributed by atoms with E-state index in [1.807, 2.05) is 0 Å². The fourth-order valence-electron chi connectivity index (χ4n) is 8.36. The van der Waals surface area contributed by atoms with Gasteiger partial charge in [-0.3, -0.25) is 18.6 Å². The van der Waals surface area contributed by atoms with Crippen molar-refractivity contribution in [3.63, 3.8) is 0 Å². The molecule has 0 amide bonds. The van der Waals surface area contributed by atoms with Crippen LogP contribution in [0, 0.1) is 0 Å². The number of nitrogens with two attached hydrogens (primary N) is 1. The monoisotopic (exact) mass is 1170 g/mol. The summed E-state index contributed by atoms with van der Waals surface area (Å²) >= 11 is 0. The first kappa shape index (κ1) is 78.4. The van der Waals surface area contributed by atoms with E-state index in [-0.39, 0.29) is 32.6 Å². The molecule has 0 aliphatic heterocycles. The maximum Gasteiger partial charge on any atom is 0.472 e. The minimum absolute atomic E-state index is 0.0402. The smallest absolute Gasteiger partial charge is 0.462 e. The lowest BCUT2D eigenvalue weighted by Crippen LogP contribution is -2.29. The number of carbonyl (C=O) groups excluding carboxylic acids is 2. The molecule has 0 rings (SSSR count). The molecule has 2 unspecified atom stereocenters. The van der Waals surface area contributed by atoms with Crippen molar-refractivity contribution in [3.8, 4) is 0 Å². The maximum absolute atomic E-state index is 12.7. The lowest BCUT2D eigenvalue weighted by atomic mass is 10.0. The van der Waals surface area contributed by atoms with Gasteiger partial charge in [-0.2, -0.15) is 0 Å². The number of hydrogen-bond acceptors (Lipinski definition) is 8. The van der Waals surface area contributed by atoms with Crippen molar-refractivity contribution in [1.82, 2.24) is 0 Å². The van der Waals surface area contributed by atoms with Crippen LogP contribution in [0.1, 0.15) is 245 Å². The molecule has 9 nitrogen and oxygen atoms in total. The first-order chi connectivity index (χ1) is 40.8. The molecule has 0 saturated carbocycles. The van der Waals surface area contributed by atoms with Gasteiger partial charge in [0.2, 0.25) is 0 Å². The van der Waals surface area contributed by atoms with Crippen LogP contribution in [-0.4, -0.2) is 49.3 Å². The van der Waals surface area contributed by atoms with E-state index in [0.29, 0.717) is 12.8 Å². The molecule has 0 radical (unpaired) electrons. The molecule has 0 aromatic carbocycles. The summed E-state index contributed by atoms with van der Waals surface area (Å²) in [5, 5.41) is 0. The van der Waals surface area contributed by atoms with E-state index >= 15 is 0 Å². The Morgan fingerprint density at radius 1 is 0.361 bits per heavy atom. The minimum atomic E-state index is -4.41. The van der Waals surface area contributed by atoms with Gasteiger partial charge in [0, 0.05) is 19.4 Å². The van der Waals surface area contributed by atoms with Gasteiger partial charge >= 0.3 is 19.8 Å². The number of hydrogen-bond donors (Lipinski definition) is 2. The van der Waals surface area contributed by atoms with Crippen LogP contribution in [0.2, 0.25) is 0 Å². The number of rotatable bonds is 59. The van der Waals surface area contributed by atoms with E-state index in [2.05, 4.69) is 184 Å². The summed E-state index contributed by atoms with van der Waals surface area (Å²) in [5.74, 6) is -0.875. The Labute approximate surface area is 508 Å². The molecule has 0 heterocycles. The average Bonchev–Trinajstić information content (AvgIpc) is 3.49. The van der Waals surface area contributed by atoms with Gasteiger partial charge in [-0.25, -0.2) is 4.57 Å². The molecular formula is C73H118NO8P. The van der Waals surface area contributed by atoms with Gasteiger partial charge in [-0.15, -0.1) is 0 Å². The summed E-state index contributed by atoms with van der Waals surface area (Å²) in [5.41, 5.74) is 5.39. The number of phosphoric acid groups is 1. The third kappa shape index (κ3) is 66.4. The molecule has 468 valence electrons. The van der Waals surface area contributed by atoms with Crippen LogP contribution in [-0.2, 0) is 32.7 Å². The molecule has 0 saturated heterocycles. The van der Waals surface area contributed by atoms with E-state index in [1.165, 1.54) is 77.0 Å². The number of ether oxygens (including phenoxy) is 2. The Kier molecular flexibility index (Phi) is 62.8. The van der Waals surface area contributed by atoms with Crippen molar-refractivity contribution in [2.75, 3.05) is 26.4 Å². The van der Waals surface area contributed by atoms with Crippen LogP contribution >= 0.6 is 7.82 Å². The van der Waals surface area contributed by atoms with E-state index < -0.39 is 32.5 Å². The van der Waals surface area contributed by atoms with Gasteiger partial charge in [0.25, 0.3) is 0 Å². The third-order valence-corrected chi connectivity index (χ3v) is 14.1. The van der Waals surface area contributed by atoms with Crippen LogP contribution in [0.4, 0.5) is 0 Å². The van der Waals surface area contributed by atoms with Crippen molar-refractivity contribution in [2.45, 2.75) is 251 Å². The van der Waals surface area contributed by atoms with Crippen molar-refractivity contribution in [2.24, 2.45) is 5.73 Å². The summed E-state index contributed by atoms with van der Waals surface area (Å²) in [6, 6.07) is 0. The van der Waals surface area contributed by atoms with Crippen molar-refractivity contribution in [3.05, 3.63) is 170 Å². The predicted molar refractivity (Wildman–Crippen MR) is 357 cm³/mol. The molecule has 0 bridgehead atoms. The van der Waals surface area contributed by atoms with E-state index in [4.69, 9.17) is 24.3 Å². The zero-order valence-corrected chi connectivity index (χ0v) is 53.3. The van der Waals surface area contributed by atoms with E-state index in [0.717, 1.165) is 128 Å². The number of allylic oxidation sites excluding steroid dienone is 28. The molecule has 0 aliphatic rings. The van der Waals surface area contributed by atoms with Gasteiger partial charge in [-0.1, -0.05) is 274 Å². The number of carbonyl (C=O) groups is 2. The second-order valence-electron chi connectivity index (χ2n) is 20.9. The maximum atomic E-state index is 12.7. The lowest BCUT2D eigenvalue weighted by Gasteiger charge is -2.19. The van der Waals surface area contributed by atoms with Gasteiger partial charge in [-0.05, 0) is 128 Å². The molecule has 0 spiro atoms. The molecule has 0 aliphatic carbocycles. The molecule has 0 fully saturated rings. The molecule has 0 aromatic rings. The van der Waals surface area contributed by atoms with Gasteiger partial charge in [0.1, 0.15) is 6.61 Å². The summed E-state index contributed by atoms with van der Waals surface area (Å²) in [4.78, 5) is 35.3. The van der Waals surface area contributed by atoms with Crippen molar-refractivity contribution in [1.29, 1.82) is 0 Å². The quantitative estimate of drug-likeness (QED) is 0.0264. The SMILES string of the molecule is CC/C=C\C/C=C\C/C=C\C/C=C\C/C=C\C/C=C\C/C=C\CCCCCCCCCCCCCCCCCC(=O)OC(COC(=O)CCCCC/C=C\C/C=C\C/C=C\C/C=C\C/C=C\C/C=C\C/C=C\CC)COP(=O)(O)OCCN. The van der Waals surface area contributed by atoms with Gasteiger partial charge in [0.15, 0.2) is 6.10 Å². The highest BCUT2D eigenvalue weighted by Crippen LogP contribution is 2.43. The van der Waals surface area contributed by atoms with Crippen LogP contribution in [0.5, 0.6) is 0 Å². The molecule has 2 atom stereocenters. The zero-order chi connectivity index (χ0) is 60.1. The Morgan fingerprint density at radius 3 is 0.940 bits per heavy atom. The first-order valence-corrected chi connectivity index (χ1v) is 34.1. The molecular weight excluding hydrogens is 1050 g/mol. The zero-order valence-electron chi connectivity index (χ0n) is 52.4. The molecule has 83 heavy (non-hydrogen) atoms. The second kappa shape index (κ2) is 66.5. The highest BCUT2D eigenvalue weighted by Gasteiger charge is 2.26. The van der Waals surface area contributed by atoms with E-state index in [9.17, 15) is 19.0 Å². The highest BCUT2D eigenvalue weighted by atomic mass is 31.2. The first-order valence-electron chi connectivity index (χ1n) is 32.6. The fraction of sp³-hybridized carbons (Fsp3) is 0.589. The Morgan fingerprint density at radius 2 is 0.627 bits per heavy atom. The largest absolute Gasteiger partial charge is 0.472 e. The number of esters is 2. The van der Waals surface area contributed by atoms with E-state index in [1.54, 1.807) is 0 Å². The standard InChI is InChI=1S/C73H118NO8P/c1-3-5-7-9-11-13-15-17-19-21-23-25-27-29-30-31-32-33-34-35-36-37-38-39-40-42-44-46-48-50-52-54-56-58-60-62-64-66-73(76)82-71(70-81-83(77,78)80-68-67-74)69-79-72(75)65-63-61-59-57-55-53-51-49-47-45-43-41-28-26-24-22-20-18-16-14-12-10-8-6-4-2/h5-8,11-14,17-20,23-26,29-30,32-33,35-36,41,43,47,49,53,55,71H,3-4,9-10,15-16,21-22,27-28,31,34,37-40,42,44-46,48,50-52,54,56-70,74H2,1-2H3,(H,77,78)/b7-5-,8-6-,13-11-,14-12-,19-17-,20-18-,25-23-,26-24-,30-29-,33-32-,36-35-,43-41-,49-47-,55-53-. The predicted octanol–water partition coefficient (Wildman–Crippen LogP) is 21.4. The van der Waals surface area contributed by atoms with Crippen LogP contribution in [0.25, 0.3) is 0 Å². The lowest BCUT2D eigenvalue weighted by molar-refractivity contribution is -0.161. The summed E-state index contributed by atoms with van der Waals surface area (Å²) in [6.07, 6.45) is 98.5. The van der Waals surface area contributed by atoms with Crippen molar-refractivity contribution >= 4 is 19.8 Å². The number of unbranched alkanes of at least 4 members (excludes halogenated alkanes) is 18. The Balaban J connectivity index is 4.00. The van der Waals surface area contributed by atoms with Crippen LogP contribution in [0.3, 0.4) is 0 Å². The topological polar surface area (TPSA) is 134 Å². The normalized spacial score (nSPS) is 14.1. The number of phosphoric ester groups is 1. The molecule has 10 heteroatoms. The van der Waals surface area contributed by atoms with Gasteiger partial charge in [0.05, 0.1) is 13.2 Å². The third-order valence-electron chi connectivity index (χ3n) is 13.1. The minimum Gasteiger partial charge on any atom is -0.462 e. The summed E-state index contributed by atoms with van der Waals surface area (Å²) in [6.45, 7) is 3.46. The molecule has 3 N–H and O–H groups in total. The Hall–Kier alpha value is -4.63.